The zero-order valence-electron chi connectivity index (χ0n) is 15.2. The summed E-state index contributed by atoms with van der Waals surface area (Å²) < 4.78 is 1.70. The molecule has 0 aliphatic carbocycles. The number of fused-ring (bicyclic) bond motifs is 1. The third-order valence-electron chi connectivity index (χ3n) is 4.67. The van der Waals surface area contributed by atoms with Crippen LogP contribution in [0.3, 0.4) is 0 Å². The van der Waals surface area contributed by atoms with E-state index in [4.69, 9.17) is 0 Å². The van der Waals surface area contributed by atoms with Gasteiger partial charge in [-0.05, 0) is 38.2 Å². The highest BCUT2D eigenvalue weighted by Gasteiger charge is 2.25. The van der Waals surface area contributed by atoms with Crippen LogP contribution >= 0.6 is 0 Å². The summed E-state index contributed by atoms with van der Waals surface area (Å²) in [6.45, 7) is 6.62. The van der Waals surface area contributed by atoms with E-state index < -0.39 is 6.04 Å². The highest BCUT2D eigenvalue weighted by atomic mass is 16.2. The van der Waals surface area contributed by atoms with Crippen LogP contribution in [0.5, 0.6) is 0 Å². The third kappa shape index (κ3) is 3.36. The van der Waals surface area contributed by atoms with Crippen molar-refractivity contribution in [2.75, 3.05) is 6.54 Å². The molecule has 0 spiro atoms. The van der Waals surface area contributed by atoms with Gasteiger partial charge in [0.05, 0.1) is 16.6 Å². The molecular weight excluding hydrogens is 318 g/mol. The standard InChI is InChI=1S/C18H25N5O2/c1-10(2)14-9-12(15-11(3)22-23(4)16(15)20-14)17(24)21-13-7-5-6-8-19-18(13)25/h9-10,13H,5-8H2,1-4H3,(H,19,25)(H,21,24)/t13-/m1/s1. The van der Waals surface area contributed by atoms with Gasteiger partial charge in [0.25, 0.3) is 5.91 Å². The van der Waals surface area contributed by atoms with Gasteiger partial charge in [-0.2, -0.15) is 5.10 Å². The molecule has 1 fully saturated rings. The number of carbonyl (C=O) groups is 2. The number of nitrogens with zero attached hydrogens (tertiary/aromatic N) is 3. The van der Waals surface area contributed by atoms with Crippen LogP contribution in [0.1, 0.15) is 60.8 Å². The minimum Gasteiger partial charge on any atom is -0.354 e. The Morgan fingerprint density at radius 2 is 2.16 bits per heavy atom. The Bertz CT molecular complexity index is 824. The smallest absolute Gasteiger partial charge is 0.252 e. The minimum absolute atomic E-state index is 0.108. The first-order valence-corrected chi connectivity index (χ1v) is 8.81. The van der Waals surface area contributed by atoms with Gasteiger partial charge in [0.1, 0.15) is 6.04 Å². The van der Waals surface area contributed by atoms with E-state index in [1.165, 1.54) is 0 Å². The summed E-state index contributed by atoms with van der Waals surface area (Å²) in [6, 6.07) is 1.34. The van der Waals surface area contributed by atoms with E-state index >= 15 is 0 Å². The molecule has 0 bridgehead atoms. The van der Waals surface area contributed by atoms with Crippen LogP contribution in [0, 0.1) is 6.92 Å². The average Bonchev–Trinajstić information content (AvgIpc) is 2.72. The zero-order chi connectivity index (χ0) is 18.1. The normalized spacial score (nSPS) is 18.3. The van der Waals surface area contributed by atoms with Crippen molar-refractivity contribution in [2.24, 2.45) is 7.05 Å². The van der Waals surface area contributed by atoms with Crippen molar-refractivity contribution in [3.8, 4) is 0 Å². The van der Waals surface area contributed by atoms with E-state index in [-0.39, 0.29) is 17.7 Å². The number of aromatic nitrogens is 3. The maximum absolute atomic E-state index is 13.0. The molecular formula is C18H25N5O2. The van der Waals surface area contributed by atoms with Gasteiger partial charge in [0.15, 0.2) is 5.65 Å². The van der Waals surface area contributed by atoms with Crippen LogP contribution in [0.2, 0.25) is 0 Å². The summed E-state index contributed by atoms with van der Waals surface area (Å²) in [5, 5.41) is 10.9. The molecule has 7 heteroatoms. The van der Waals surface area contributed by atoms with Gasteiger partial charge in [0, 0.05) is 19.3 Å². The molecule has 1 aliphatic rings. The Morgan fingerprint density at radius 1 is 1.40 bits per heavy atom. The van der Waals surface area contributed by atoms with Crippen molar-refractivity contribution < 1.29 is 9.59 Å². The molecule has 1 aliphatic heterocycles. The van der Waals surface area contributed by atoms with Gasteiger partial charge in [-0.3, -0.25) is 14.3 Å². The Labute approximate surface area is 147 Å². The Kier molecular flexibility index (Phi) is 4.74. The maximum Gasteiger partial charge on any atom is 0.252 e. The molecule has 2 aromatic rings. The third-order valence-corrected chi connectivity index (χ3v) is 4.67. The first-order valence-electron chi connectivity index (χ1n) is 8.81. The van der Waals surface area contributed by atoms with Crippen molar-refractivity contribution in [1.29, 1.82) is 0 Å². The van der Waals surface area contributed by atoms with E-state index in [0.29, 0.717) is 24.2 Å². The van der Waals surface area contributed by atoms with Crippen molar-refractivity contribution >= 4 is 22.8 Å². The zero-order valence-corrected chi connectivity index (χ0v) is 15.2. The van der Waals surface area contributed by atoms with Gasteiger partial charge < -0.3 is 10.6 Å². The molecule has 2 amide bonds. The van der Waals surface area contributed by atoms with Crippen LogP contribution in [0.4, 0.5) is 0 Å². The van der Waals surface area contributed by atoms with Crippen molar-refractivity contribution in [3.63, 3.8) is 0 Å². The van der Waals surface area contributed by atoms with Crippen molar-refractivity contribution in [1.82, 2.24) is 25.4 Å². The molecule has 2 N–H and O–H groups in total. The first kappa shape index (κ1) is 17.4. The second-order valence-electron chi connectivity index (χ2n) is 6.97. The van der Waals surface area contributed by atoms with Gasteiger partial charge >= 0.3 is 0 Å². The summed E-state index contributed by atoms with van der Waals surface area (Å²) in [4.78, 5) is 29.8. The first-order chi connectivity index (χ1) is 11.9. The molecule has 1 atom stereocenters. The fourth-order valence-corrected chi connectivity index (χ4v) is 3.25. The molecule has 3 heterocycles. The lowest BCUT2D eigenvalue weighted by Gasteiger charge is -2.16. The lowest BCUT2D eigenvalue weighted by molar-refractivity contribution is -0.122. The number of carbonyl (C=O) groups excluding carboxylic acids is 2. The van der Waals surface area contributed by atoms with Gasteiger partial charge in [0.2, 0.25) is 5.91 Å². The van der Waals surface area contributed by atoms with Crippen LogP contribution in [-0.2, 0) is 11.8 Å². The fraction of sp³-hybridized carbons (Fsp3) is 0.556. The monoisotopic (exact) mass is 343 g/mol. The van der Waals surface area contributed by atoms with Crippen molar-refractivity contribution in [3.05, 3.63) is 23.0 Å². The van der Waals surface area contributed by atoms with Crippen molar-refractivity contribution in [2.45, 2.75) is 52.0 Å². The van der Waals surface area contributed by atoms with E-state index in [1.54, 1.807) is 4.68 Å². The number of pyridine rings is 1. The van der Waals surface area contributed by atoms with E-state index in [0.717, 1.165) is 29.6 Å². The number of rotatable bonds is 3. The molecule has 1 saturated heterocycles. The Morgan fingerprint density at radius 3 is 2.88 bits per heavy atom. The number of nitrogens with one attached hydrogen (secondary N) is 2. The number of hydrogen-bond donors (Lipinski definition) is 2. The lowest BCUT2D eigenvalue weighted by atomic mass is 10.0. The largest absolute Gasteiger partial charge is 0.354 e. The Hall–Kier alpha value is -2.44. The number of hydrogen-bond acceptors (Lipinski definition) is 4. The average molecular weight is 343 g/mol. The molecule has 0 radical (unpaired) electrons. The summed E-state index contributed by atoms with van der Waals surface area (Å²) in [7, 11) is 1.83. The predicted molar refractivity (Wildman–Crippen MR) is 95.4 cm³/mol. The summed E-state index contributed by atoms with van der Waals surface area (Å²) >= 11 is 0. The molecule has 7 nitrogen and oxygen atoms in total. The van der Waals surface area contributed by atoms with Crippen LogP contribution in [-0.4, -0.2) is 39.2 Å². The van der Waals surface area contributed by atoms with Crippen LogP contribution in [0.25, 0.3) is 11.0 Å². The quantitative estimate of drug-likeness (QED) is 0.889. The van der Waals surface area contributed by atoms with Gasteiger partial charge in [-0.15, -0.1) is 0 Å². The second-order valence-corrected chi connectivity index (χ2v) is 6.97. The fourth-order valence-electron chi connectivity index (χ4n) is 3.25. The molecule has 0 aromatic carbocycles. The predicted octanol–water partition coefficient (Wildman–Crippen LogP) is 1.80. The van der Waals surface area contributed by atoms with Gasteiger partial charge in [-0.1, -0.05) is 13.8 Å². The van der Waals surface area contributed by atoms with E-state index in [9.17, 15) is 9.59 Å². The second kappa shape index (κ2) is 6.82. The molecule has 0 unspecified atom stereocenters. The highest BCUT2D eigenvalue weighted by molar-refractivity contribution is 6.07. The molecule has 134 valence electrons. The summed E-state index contributed by atoms with van der Waals surface area (Å²) in [6.07, 6.45) is 2.52. The molecule has 0 saturated carbocycles. The summed E-state index contributed by atoms with van der Waals surface area (Å²) in [5.41, 5.74) is 2.83. The van der Waals surface area contributed by atoms with Gasteiger partial charge in [-0.25, -0.2) is 4.98 Å². The topological polar surface area (TPSA) is 88.9 Å². The van der Waals surface area contributed by atoms with Crippen LogP contribution < -0.4 is 10.6 Å². The summed E-state index contributed by atoms with van der Waals surface area (Å²) in [5.74, 6) is -0.164. The highest BCUT2D eigenvalue weighted by Crippen LogP contribution is 2.25. The molecule has 3 rings (SSSR count). The van der Waals surface area contributed by atoms with Crippen LogP contribution in [0.15, 0.2) is 6.07 Å². The molecule has 25 heavy (non-hydrogen) atoms. The minimum atomic E-state index is -0.488. The number of amides is 2. The number of aryl methyl sites for hydroxylation is 2. The van der Waals surface area contributed by atoms with E-state index in [1.807, 2.05) is 33.9 Å². The SMILES string of the molecule is Cc1nn(C)c2nc(C(C)C)cc(C(=O)N[C@@H]3CCCCNC3=O)c12. The Balaban J connectivity index is 2.01. The lowest BCUT2D eigenvalue weighted by Crippen LogP contribution is -2.45. The van der Waals surface area contributed by atoms with E-state index in [2.05, 4.69) is 20.7 Å². The molecule has 2 aromatic heterocycles. The maximum atomic E-state index is 13.0.